The highest BCUT2D eigenvalue weighted by Gasteiger charge is 2.10. The van der Waals surface area contributed by atoms with Gasteiger partial charge in [-0.1, -0.05) is 51.0 Å². The first-order valence-corrected chi connectivity index (χ1v) is 8.39. The molecule has 0 aliphatic heterocycles. The van der Waals surface area contributed by atoms with Gasteiger partial charge in [0.25, 0.3) is 0 Å². The van der Waals surface area contributed by atoms with Crippen LogP contribution in [0.15, 0.2) is 42.5 Å². The van der Waals surface area contributed by atoms with E-state index in [1.165, 1.54) is 41.3 Å². The number of rotatable bonds is 6. The molecule has 0 aliphatic rings. The summed E-state index contributed by atoms with van der Waals surface area (Å²) in [5, 5.41) is 6.19. The molecule has 0 unspecified atom stereocenters. The van der Waals surface area contributed by atoms with Crippen LogP contribution in [0, 0.1) is 0 Å². The average molecular weight is 292 g/mol. The number of hydrogen-bond acceptors (Lipinski definition) is 2. The van der Waals surface area contributed by atoms with E-state index in [9.17, 15) is 0 Å². The number of nitrogens with one attached hydrogen (secondary N) is 1. The summed E-state index contributed by atoms with van der Waals surface area (Å²) in [7, 11) is 0. The van der Waals surface area contributed by atoms with Gasteiger partial charge in [0.2, 0.25) is 0 Å². The Morgan fingerprint density at radius 3 is 2.55 bits per heavy atom. The Morgan fingerprint density at radius 2 is 1.73 bits per heavy atom. The van der Waals surface area contributed by atoms with Gasteiger partial charge in [0, 0.05) is 23.0 Å². The lowest BCUT2D eigenvalue weighted by molar-refractivity contribution is 0.744. The first-order chi connectivity index (χ1) is 10.8. The fourth-order valence-electron chi connectivity index (χ4n) is 3.15. The van der Waals surface area contributed by atoms with Crippen LogP contribution in [0.5, 0.6) is 0 Å². The Hall–Kier alpha value is -2.09. The summed E-state index contributed by atoms with van der Waals surface area (Å²) in [4.78, 5) is 4.85. The van der Waals surface area contributed by atoms with Gasteiger partial charge in [0.1, 0.15) is 0 Å². The topological polar surface area (TPSA) is 24.9 Å². The average Bonchev–Trinajstić information content (AvgIpc) is 2.56. The monoisotopic (exact) mass is 292 g/mol. The number of anilines is 1. The molecule has 0 atom stereocenters. The highest BCUT2D eigenvalue weighted by molar-refractivity contribution is 6.03. The number of nitrogens with zero attached hydrogens (tertiary/aromatic N) is 1. The van der Waals surface area contributed by atoms with Gasteiger partial charge in [-0.2, -0.15) is 0 Å². The van der Waals surface area contributed by atoms with Gasteiger partial charge in [-0.15, -0.1) is 0 Å². The number of hydrogen-bond donors (Lipinski definition) is 1. The minimum absolute atomic E-state index is 1.02. The summed E-state index contributed by atoms with van der Waals surface area (Å²) in [5.41, 5.74) is 4.81. The predicted molar refractivity (Wildman–Crippen MR) is 96.6 cm³/mol. The molecule has 0 saturated heterocycles. The highest BCUT2D eigenvalue weighted by Crippen LogP contribution is 2.31. The Kier molecular flexibility index (Phi) is 4.57. The molecule has 3 rings (SSSR count). The molecule has 0 saturated carbocycles. The second-order valence-corrected chi connectivity index (χ2v) is 5.79. The Labute approximate surface area is 132 Å². The van der Waals surface area contributed by atoms with Gasteiger partial charge in [-0.3, -0.25) is 0 Å². The van der Waals surface area contributed by atoms with Gasteiger partial charge in [-0.05, 0) is 36.6 Å². The summed E-state index contributed by atoms with van der Waals surface area (Å²) in [6.07, 6.45) is 4.77. The van der Waals surface area contributed by atoms with Crippen molar-refractivity contribution < 1.29 is 0 Å². The smallest absolute Gasteiger partial charge is 0.0733 e. The van der Waals surface area contributed by atoms with Crippen LogP contribution < -0.4 is 5.32 Å². The van der Waals surface area contributed by atoms with Crippen LogP contribution in [0.25, 0.3) is 21.8 Å². The lowest BCUT2D eigenvalue weighted by Gasteiger charge is -2.14. The Bertz CT molecular complexity index is 777. The Balaban J connectivity index is 2.11. The molecule has 0 bridgehead atoms. The fourth-order valence-corrected chi connectivity index (χ4v) is 3.15. The molecule has 0 fully saturated rings. The number of benzene rings is 2. The number of unbranched alkanes of at least 4 members (excludes halogenated alkanes) is 2. The second kappa shape index (κ2) is 6.78. The van der Waals surface area contributed by atoms with Gasteiger partial charge in [0.05, 0.1) is 11.0 Å². The Morgan fingerprint density at radius 1 is 0.909 bits per heavy atom. The zero-order valence-electron chi connectivity index (χ0n) is 13.5. The van der Waals surface area contributed by atoms with Crippen LogP contribution in [0.4, 0.5) is 5.69 Å². The normalized spacial score (nSPS) is 11.2. The van der Waals surface area contributed by atoms with Crippen LogP contribution in [-0.4, -0.2) is 11.5 Å². The van der Waals surface area contributed by atoms with Gasteiger partial charge >= 0.3 is 0 Å². The number of para-hydroxylation sites is 1. The van der Waals surface area contributed by atoms with E-state index in [1.54, 1.807) is 0 Å². The molecule has 2 aromatic carbocycles. The van der Waals surface area contributed by atoms with Crippen LogP contribution in [0.1, 0.15) is 38.7 Å². The lowest BCUT2D eigenvalue weighted by Crippen LogP contribution is -2.03. The largest absolute Gasteiger partial charge is 0.384 e. The molecule has 1 aromatic heterocycles. The minimum Gasteiger partial charge on any atom is -0.384 e. The molecule has 114 valence electrons. The van der Waals surface area contributed by atoms with Gasteiger partial charge < -0.3 is 5.32 Å². The molecule has 1 N–H and O–H groups in total. The van der Waals surface area contributed by atoms with E-state index in [0.29, 0.717) is 0 Å². The first-order valence-electron chi connectivity index (χ1n) is 8.39. The molecule has 0 amide bonds. The van der Waals surface area contributed by atoms with Crippen molar-refractivity contribution in [2.75, 3.05) is 11.9 Å². The van der Waals surface area contributed by atoms with E-state index in [4.69, 9.17) is 4.98 Å². The standard InChI is InChI=1S/C20H24N2/c1-3-5-8-14-21-18-12-9-13-19-20(18)15(4-2)16-10-6-7-11-17(16)22-19/h6-7,9-13,21H,3-5,8,14H2,1-2H3. The van der Waals surface area contributed by atoms with Crippen LogP contribution >= 0.6 is 0 Å². The maximum atomic E-state index is 4.85. The third kappa shape index (κ3) is 2.78. The van der Waals surface area contributed by atoms with E-state index in [2.05, 4.69) is 61.6 Å². The van der Waals surface area contributed by atoms with Crippen molar-refractivity contribution in [2.24, 2.45) is 0 Å². The maximum absolute atomic E-state index is 4.85. The molecule has 1 heterocycles. The summed E-state index contributed by atoms with van der Waals surface area (Å²) >= 11 is 0. The summed E-state index contributed by atoms with van der Waals surface area (Å²) in [6, 6.07) is 14.9. The van der Waals surface area contributed by atoms with Crippen molar-refractivity contribution >= 4 is 27.5 Å². The van der Waals surface area contributed by atoms with E-state index < -0.39 is 0 Å². The van der Waals surface area contributed by atoms with Crippen molar-refractivity contribution in [2.45, 2.75) is 39.5 Å². The summed E-state index contributed by atoms with van der Waals surface area (Å²) in [6.45, 7) is 5.50. The zero-order chi connectivity index (χ0) is 15.4. The summed E-state index contributed by atoms with van der Waals surface area (Å²) in [5.74, 6) is 0. The number of fused-ring (bicyclic) bond motifs is 2. The van der Waals surface area contributed by atoms with Gasteiger partial charge in [-0.25, -0.2) is 4.98 Å². The molecule has 0 aliphatic carbocycles. The minimum atomic E-state index is 1.02. The second-order valence-electron chi connectivity index (χ2n) is 5.79. The SMILES string of the molecule is CCCCCNc1cccc2nc3ccccc3c(CC)c12. The van der Waals surface area contributed by atoms with Crippen LogP contribution in [0.3, 0.4) is 0 Å². The quantitative estimate of drug-likeness (QED) is 0.476. The van der Waals surface area contributed by atoms with Gasteiger partial charge in [0.15, 0.2) is 0 Å². The van der Waals surface area contributed by atoms with E-state index in [1.807, 2.05) is 0 Å². The van der Waals surface area contributed by atoms with E-state index >= 15 is 0 Å². The first kappa shape index (κ1) is 14.8. The molecule has 2 heteroatoms. The summed E-state index contributed by atoms with van der Waals surface area (Å²) < 4.78 is 0. The molecule has 3 aromatic rings. The highest BCUT2D eigenvalue weighted by atomic mass is 14.9. The van der Waals surface area contributed by atoms with Crippen molar-refractivity contribution in [3.63, 3.8) is 0 Å². The molecular weight excluding hydrogens is 268 g/mol. The molecular formula is C20H24N2. The van der Waals surface area contributed by atoms with Crippen LogP contribution in [-0.2, 0) is 6.42 Å². The fraction of sp³-hybridized carbons (Fsp3) is 0.350. The van der Waals surface area contributed by atoms with E-state index in [0.717, 1.165) is 24.0 Å². The molecule has 2 nitrogen and oxygen atoms in total. The van der Waals surface area contributed by atoms with Crippen molar-refractivity contribution in [1.29, 1.82) is 0 Å². The van der Waals surface area contributed by atoms with Crippen molar-refractivity contribution in [3.8, 4) is 0 Å². The number of aryl methyl sites for hydroxylation is 1. The van der Waals surface area contributed by atoms with Crippen LogP contribution in [0.2, 0.25) is 0 Å². The molecule has 0 radical (unpaired) electrons. The third-order valence-electron chi connectivity index (χ3n) is 4.26. The zero-order valence-corrected chi connectivity index (χ0v) is 13.5. The van der Waals surface area contributed by atoms with Crippen molar-refractivity contribution in [3.05, 3.63) is 48.0 Å². The maximum Gasteiger partial charge on any atom is 0.0733 e. The number of aromatic nitrogens is 1. The van der Waals surface area contributed by atoms with E-state index in [-0.39, 0.29) is 0 Å². The number of pyridine rings is 1. The molecule has 0 spiro atoms. The predicted octanol–water partition coefficient (Wildman–Crippen LogP) is 5.55. The molecule has 22 heavy (non-hydrogen) atoms. The lowest BCUT2D eigenvalue weighted by atomic mass is 9.99. The van der Waals surface area contributed by atoms with Crippen molar-refractivity contribution in [1.82, 2.24) is 4.98 Å². The third-order valence-corrected chi connectivity index (χ3v) is 4.26.